The van der Waals surface area contributed by atoms with Crippen molar-refractivity contribution in [3.8, 4) is 11.5 Å². The third-order valence-corrected chi connectivity index (χ3v) is 4.58. The maximum atomic E-state index is 12.1. The SMILES string of the molecule is CN=C(NCCNC(=O)c1ccc(OC)cc1)NCCc1ccc(OC)cc1Cl.I. The first-order valence-corrected chi connectivity index (χ1v) is 9.64. The summed E-state index contributed by atoms with van der Waals surface area (Å²) >= 11 is 6.26. The van der Waals surface area contributed by atoms with E-state index in [0.29, 0.717) is 41.9 Å². The highest BCUT2D eigenvalue weighted by Crippen LogP contribution is 2.22. The Morgan fingerprint density at radius 2 is 1.53 bits per heavy atom. The zero-order chi connectivity index (χ0) is 21.1. The van der Waals surface area contributed by atoms with Gasteiger partial charge in [-0.2, -0.15) is 0 Å². The van der Waals surface area contributed by atoms with E-state index in [0.717, 1.165) is 17.7 Å². The molecule has 2 rings (SSSR count). The Labute approximate surface area is 199 Å². The van der Waals surface area contributed by atoms with Crippen molar-refractivity contribution >= 4 is 47.4 Å². The van der Waals surface area contributed by atoms with Gasteiger partial charge in [0.1, 0.15) is 11.5 Å². The predicted octanol–water partition coefficient (Wildman–Crippen LogP) is 3.11. The van der Waals surface area contributed by atoms with E-state index in [1.165, 1.54) is 0 Å². The number of halogens is 2. The van der Waals surface area contributed by atoms with Crippen LogP contribution in [0, 0.1) is 0 Å². The van der Waals surface area contributed by atoms with E-state index in [1.54, 1.807) is 51.6 Å². The Balaban J connectivity index is 0.00000450. The van der Waals surface area contributed by atoms with Gasteiger partial charge >= 0.3 is 0 Å². The topological polar surface area (TPSA) is 84.0 Å². The van der Waals surface area contributed by atoms with Crippen molar-refractivity contribution in [2.24, 2.45) is 4.99 Å². The molecule has 0 aliphatic carbocycles. The quantitative estimate of drug-likeness (QED) is 0.195. The molecular formula is C21H28ClIN4O3. The molecule has 0 heterocycles. The van der Waals surface area contributed by atoms with Gasteiger partial charge < -0.3 is 25.4 Å². The van der Waals surface area contributed by atoms with Gasteiger partial charge in [-0.25, -0.2) is 0 Å². The first-order chi connectivity index (χ1) is 14.1. The van der Waals surface area contributed by atoms with Gasteiger partial charge in [-0.1, -0.05) is 17.7 Å². The molecule has 7 nitrogen and oxygen atoms in total. The Bertz CT molecular complexity index is 832. The van der Waals surface area contributed by atoms with Crippen molar-refractivity contribution in [3.63, 3.8) is 0 Å². The van der Waals surface area contributed by atoms with Crippen LogP contribution in [0.1, 0.15) is 15.9 Å². The summed E-state index contributed by atoms with van der Waals surface area (Å²) in [6.07, 6.45) is 0.748. The van der Waals surface area contributed by atoms with E-state index in [-0.39, 0.29) is 29.9 Å². The molecule has 2 aromatic carbocycles. The Kier molecular flexibility index (Phi) is 12.0. The maximum Gasteiger partial charge on any atom is 0.251 e. The molecule has 9 heteroatoms. The third-order valence-electron chi connectivity index (χ3n) is 4.23. The predicted molar refractivity (Wildman–Crippen MR) is 132 cm³/mol. The average molecular weight is 547 g/mol. The van der Waals surface area contributed by atoms with Crippen LogP contribution in [-0.4, -0.2) is 52.8 Å². The number of carbonyl (C=O) groups is 1. The lowest BCUT2D eigenvalue weighted by Gasteiger charge is -2.13. The van der Waals surface area contributed by atoms with Gasteiger partial charge in [0.25, 0.3) is 5.91 Å². The molecule has 164 valence electrons. The first kappa shape index (κ1) is 25.8. The van der Waals surface area contributed by atoms with Crippen molar-refractivity contribution < 1.29 is 14.3 Å². The van der Waals surface area contributed by atoms with E-state index in [9.17, 15) is 4.79 Å². The molecule has 0 spiro atoms. The molecule has 0 fully saturated rings. The van der Waals surface area contributed by atoms with E-state index in [2.05, 4.69) is 20.9 Å². The number of hydrogen-bond acceptors (Lipinski definition) is 4. The van der Waals surface area contributed by atoms with Crippen molar-refractivity contribution in [2.45, 2.75) is 6.42 Å². The van der Waals surface area contributed by atoms with Crippen molar-refractivity contribution in [1.29, 1.82) is 0 Å². The van der Waals surface area contributed by atoms with E-state index in [4.69, 9.17) is 21.1 Å². The van der Waals surface area contributed by atoms with Crippen LogP contribution in [0.3, 0.4) is 0 Å². The smallest absolute Gasteiger partial charge is 0.251 e. The van der Waals surface area contributed by atoms with Gasteiger partial charge in [-0.3, -0.25) is 9.79 Å². The number of aliphatic imine (C=N–C) groups is 1. The molecule has 0 aromatic heterocycles. The number of nitrogens with one attached hydrogen (secondary N) is 3. The molecule has 0 aliphatic heterocycles. The number of hydrogen-bond donors (Lipinski definition) is 3. The van der Waals surface area contributed by atoms with Gasteiger partial charge in [0.2, 0.25) is 0 Å². The molecule has 0 bridgehead atoms. The molecule has 0 saturated heterocycles. The molecule has 0 radical (unpaired) electrons. The van der Waals surface area contributed by atoms with Crippen LogP contribution in [0.5, 0.6) is 11.5 Å². The minimum Gasteiger partial charge on any atom is -0.497 e. The Hall–Kier alpha value is -2.20. The molecule has 2 aromatic rings. The van der Waals surface area contributed by atoms with Crippen molar-refractivity contribution in [2.75, 3.05) is 40.9 Å². The molecule has 30 heavy (non-hydrogen) atoms. The Morgan fingerprint density at radius 3 is 2.13 bits per heavy atom. The lowest BCUT2D eigenvalue weighted by Crippen LogP contribution is -2.42. The summed E-state index contributed by atoms with van der Waals surface area (Å²) in [5.41, 5.74) is 1.62. The first-order valence-electron chi connectivity index (χ1n) is 9.26. The molecule has 0 saturated carbocycles. The molecule has 0 unspecified atom stereocenters. The third kappa shape index (κ3) is 8.27. The van der Waals surface area contributed by atoms with E-state index in [1.807, 2.05) is 12.1 Å². The second kappa shape index (κ2) is 13.9. The van der Waals surface area contributed by atoms with Crippen LogP contribution >= 0.6 is 35.6 Å². The molecule has 1 amide bonds. The number of methoxy groups -OCH3 is 2. The monoisotopic (exact) mass is 546 g/mol. The second-order valence-corrected chi connectivity index (χ2v) is 6.52. The van der Waals surface area contributed by atoms with Crippen LogP contribution in [0.15, 0.2) is 47.5 Å². The summed E-state index contributed by atoms with van der Waals surface area (Å²) in [4.78, 5) is 16.3. The normalized spacial score (nSPS) is 10.6. The van der Waals surface area contributed by atoms with E-state index >= 15 is 0 Å². The summed E-state index contributed by atoms with van der Waals surface area (Å²) in [6, 6.07) is 12.6. The fraction of sp³-hybridized carbons (Fsp3) is 0.333. The van der Waals surface area contributed by atoms with Gasteiger partial charge in [0.05, 0.1) is 14.2 Å². The number of nitrogens with zero attached hydrogens (tertiary/aromatic N) is 1. The minimum absolute atomic E-state index is 0. The number of ether oxygens (including phenoxy) is 2. The van der Waals surface area contributed by atoms with E-state index < -0.39 is 0 Å². The highest BCUT2D eigenvalue weighted by atomic mass is 127. The van der Waals surface area contributed by atoms with Crippen LogP contribution in [-0.2, 0) is 6.42 Å². The lowest BCUT2D eigenvalue weighted by atomic mass is 10.1. The van der Waals surface area contributed by atoms with Crippen LogP contribution in [0.4, 0.5) is 0 Å². The molecule has 3 N–H and O–H groups in total. The van der Waals surface area contributed by atoms with Gasteiger partial charge in [-0.15, -0.1) is 24.0 Å². The van der Waals surface area contributed by atoms with Crippen LogP contribution in [0.25, 0.3) is 0 Å². The molecular weight excluding hydrogens is 519 g/mol. The summed E-state index contributed by atoms with van der Waals surface area (Å²) in [7, 11) is 4.90. The van der Waals surface area contributed by atoms with Gasteiger partial charge in [0, 0.05) is 37.3 Å². The highest BCUT2D eigenvalue weighted by Gasteiger charge is 2.06. The minimum atomic E-state index is -0.133. The summed E-state index contributed by atoms with van der Waals surface area (Å²) in [5, 5.41) is 9.93. The fourth-order valence-electron chi connectivity index (χ4n) is 2.60. The zero-order valence-electron chi connectivity index (χ0n) is 17.3. The average Bonchev–Trinajstić information content (AvgIpc) is 2.76. The summed E-state index contributed by atoms with van der Waals surface area (Å²) in [5.74, 6) is 1.98. The Morgan fingerprint density at radius 1 is 0.933 bits per heavy atom. The standard InChI is InChI=1S/C21H27ClN4O3.HI/c1-23-21(25-11-10-15-4-9-18(29-3)14-19(15)22)26-13-12-24-20(27)16-5-7-17(28-2)8-6-16;/h4-9,14H,10-13H2,1-3H3,(H,24,27)(H2,23,25,26);1H. The lowest BCUT2D eigenvalue weighted by molar-refractivity contribution is 0.0954. The number of benzene rings is 2. The van der Waals surface area contributed by atoms with Crippen LogP contribution in [0.2, 0.25) is 5.02 Å². The van der Waals surface area contributed by atoms with Gasteiger partial charge in [-0.05, 0) is 48.4 Å². The number of amides is 1. The summed E-state index contributed by atoms with van der Waals surface area (Å²) < 4.78 is 10.2. The fourth-order valence-corrected chi connectivity index (χ4v) is 2.86. The number of rotatable bonds is 9. The second-order valence-electron chi connectivity index (χ2n) is 6.12. The molecule has 0 atom stereocenters. The summed E-state index contributed by atoms with van der Waals surface area (Å²) in [6.45, 7) is 1.69. The van der Waals surface area contributed by atoms with Crippen molar-refractivity contribution in [1.82, 2.24) is 16.0 Å². The van der Waals surface area contributed by atoms with Crippen LogP contribution < -0.4 is 25.4 Å². The molecule has 0 aliphatic rings. The largest absolute Gasteiger partial charge is 0.497 e. The number of carbonyl (C=O) groups excluding carboxylic acids is 1. The van der Waals surface area contributed by atoms with Gasteiger partial charge in [0.15, 0.2) is 5.96 Å². The number of guanidine groups is 1. The maximum absolute atomic E-state index is 12.1. The zero-order valence-corrected chi connectivity index (χ0v) is 20.4. The van der Waals surface area contributed by atoms with Crippen molar-refractivity contribution in [3.05, 3.63) is 58.6 Å². The highest BCUT2D eigenvalue weighted by molar-refractivity contribution is 14.0.